The van der Waals surface area contributed by atoms with E-state index in [4.69, 9.17) is 26.1 Å². The first kappa shape index (κ1) is 18.6. The molecule has 146 valence electrons. The Morgan fingerprint density at radius 2 is 1.81 bits per heavy atom. The van der Waals surface area contributed by atoms with Crippen molar-refractivity contribution in [3.63, 3.8) is 0 Å². The van der Waals surface area contributed by atoms with Gasteiger partial charge in [-0.15, -0.1) is 0 Å². The highest BCUT2D eigenvalue weighted by Gasteiger charge is 2.34. The quantitative estimate of drug-likeness (QED) is 0.674. The van der Waals surface area contributed by atoms with E-state index in [0.29, 0.717) is 62.0 Å². The second-order valence-electron chi connectivity index (χ2n) is 6.50. The van der Waals surface area contributed by atoms with Gasteiger partial charge in [-0.25, -0.2) is 13.4 Å². The SMILES string of the molecule is CS(=O)(=O)C1COCCN1c1nc(N2CCOCC2)c2ccc(Cl)nc2n1. The minimum absolute atomic E-state index is 0.0795. The molecule has 2 fully saturated rings. The molecule has 2 aliphatic heterocycles. The number of fused-ring (bicyclic) bond motifs is 1. The molecule has 27 heavy (non-hydrogen) atoms. The first-order valence-corrected chi connectivity index (χ1v) is 11.0. The molecular formula is C16H20ClN5O4S. The molecule has 0 amide bonds. The van der Waals surface area contributed by atoms with Gasteiger partial charge in [0.05, 0.1) is 31.8 Å². The molecule has 0 aliphatic carbocycles. The van der Waals surface area contributed by atoms with E-state index >= 15 is 0 Å². The number of aromatic nitrogens is 3. The molecule has 11 heteroatoms. The Labute approximate surface area is 162 Å². The predicted molar refractivity (Wildman–Crippen MR) is 102 cm³/mol. The molecule has 9 nitrogen and oxygen atoms in total. The van der Waals surface area contributed by atoms with Crippen molar-refractivity contribution in [3.05, 3.63) is 17.3 Å². The van der Waals surface area contributed by atoms with Gasteiger partial charge in [0, 0.05) is 25.9 Å². The van der Waals surface area contributed by atoms with Crippen molar-refractivity contribution in [3.8, 4) is 0 Å². The Kier molecular flexibility index (Phi) is 5.06. The highest BCUT2D eigenvalue weighted by atomic mass is 35.5. The van der Waals surface area contributed by atoms with Crippen LogP contribution in [0.25, 0.3) is 11.0 Å². The van der Waals surface area contributed by atoms with Crippen molar-refractivity contribution in [1.82, 2.24) is 15.0 Å². The Balaban J connectivity index is 1.85. The zero-order chi connectivity index (χ0) is 19.0. The number of sulfone groups is 1. The van der Waals surface area contributed by atoms with Gasteiger partial charge in [-0.1, -0.05) is 11.6 Å². The molecule has 2 aromatic heterocycles. The number of hydrogen-bond acceptors (Lipinski definition) is 9. The van der Waals surface area contributed by atoms with Gasteiger partial charge >= 0.3 is 0 Å². The Hall–Kier alpha value is -1.75. The molecule has 0 spiro atoms. The lowest BCUT2D eigenvalue weighted by Gasteiger charge is -2.35. The van der Waals surface area contributed by atoms with Crippen molar-refractivity contribution in [2.24, 2.45) is 0 Å². The minimum Gasteiger partial charge on any atom is -0.378 e. The lowest BCUT2D eigenvalue weighted by molar-refractivity contribution is 0.112. The van der Waals surface area contributed by atoms with E-state index in [1.807, 2.05) is 6.07 Å². The van der Waals surface area contributed by atoms with Crippen LogP contribution in [-0.4, -0.2) is 81.1 Å². The molecule has 1 atom stereocenters. The highest BCUT2D eigenvalue weighted by molar-refractivity contribution is 7.91. The Bertz CT molecular complexity index is 951. The minimum atomic E-state index is -3.38. The van der Waals surface area contributed by atoms with E-state index in [0.717, 1.165) is 5.39 Å². The van der Waals surface area contributed by atoms with E-state index in [9.17, 15) is 8.42 Å². The van der Waals surface area contributed by atoms with Gasteiger partial charge in [-0.05, 0) is 12.1 Å². The molecule has 1 unspecified atom stereocenters. The maximum atomic E-state index is 12.2. The maximum absolute atomic E-state index is 12.2. The Morgan fingerprint density at radius 1 is 1.07 bits per heavy atom. The van der Waals surface area contributed by atoms with Crippen LogP contribution in [0.2, 0.25) is 5.15 Å². The summed E-state index contributed by atoms with van der Waals surface area (Å²) in [4.78, 5) is 17.3. The van der Waals surface area contributed by atoms with Crippen LogP contribution in [0.15, 0.2) is 12.1 Å². The summed E-state index contributed by atoms with van der Waals surface area (Å²) >= 11 is 6.06. The van der Waals surface area contributed by atoms with Gasteiger partial charge in [0.1, 0.15) is 11.0 Å². The van der Waals surface area contributed by atoms with Gasteiger partial charge in [-0.2, -0.15) is 9.97 Å². The molecule has 2 aromatic rings. The van der Waals surface area contributed by atoms with Crippen molar-refractivity contribution < 1.29 is 17.9 Å². The molecule has 4 rings (SSSR count). The second kappa shape index (κ2) is 7.34. The third-order valence-electron chi connectivity index (χ3n) is 4.64. The zero-order valence-corrected chi connectivity index (χ0v) is 16.4. The van der Waals surface area contributed by atoms with Gasteiger partial charge in [-0.3, -0.25) is 0 Å². The summed E-state index contributed by atoms with van der Waals surface area (Å²) in [6, 6.07) is 3.54. The molecule has 0 aromatic carbocycles. The number of nitrogens with zero attached hydrogens (tertiary/aromatic N) is 5. The summed E-state index contributed by atoms with van der Waals surface area (Å²) in [6.45, 7) is 3.45. The maximum Gasteiger partial charge on any atom is 0.230 e. The molecule has 2 saturated heterocycles. The highest BCUT2D eigenvalue weighted by Crippen LogP contribution is 2.29. The van der Waals surface area contributed by atoms with E-state index < -0.39 is 15.2 Å². The van der Waals surface area contributed by atoms with E-state index in [1.54, 1.807) is 11.0 Å². The summed E-state index contributed by atoms with van der Waals surface area (Å²) < 4.78 is 35.3. The average molecular weight is 414 g/mol. The van der Waals surface area contributed by atoms with Crippen LogP contribution in [0, 0.1) is 0 Å². The van der Waals surface area contributed by atoms with Crippen LogP contribution >= 0.6 is 11.6 Å². The molecule has 0 radical (unpaired) electrons. The topological polar surface area (TPSA) is 97.8 Å². The molecular weight excluding hydrogens is 394 g/mol. The van der Waals surface area contributed by atoms with Crippen LogP contribution < -0.4 is 9.80 Å². The first-order chi connectivity index (χ1) is 12.9. The standard InChI is InChI=1S/C16H20ClN5O4S/c1-27(23,24)13-10-26-9-6-22(13)16-19-14-11(2-3-12(17)18-14)15(20-16)21-4-7-25-8-5-21/h2-3,13H,4-10H2,1H3. The van der Waals surface area contributed by atoms with E-state index in [-0.39, 0.29) is 6.61 Å². The molecule has 0 saturated carbocycles. The van der Waals surface area contributed by atoms with E-state index in [2.05, 4.69) is 14.9 Å². The zero-order valence-electron chi connectivity index (χ0n) is 14.8. The van der Waals surface area contributed by atoms with Crippen LogP contribution in [-0.2, 0) is 19.3 Å². The van der Waals surface area contributed by atoms with Crippen LogP contribution in [0.5, 0.6) is 0 Å². The number of morpholine rings is 2. The monoisotopic (exact) mass is 413 g/mol. The number of ether oxygens (including phenoxy) is 2. The lowest BCUT2D eigenvalue weighted by atomic mass is 10.2. The summed E-state index contributed by atoms with van der Waals surface area (Å²) in [5.74, 6) is 1.03. The first-order valence-electron chi connectivity index (χ1n) is 8.64. The van der Waals surface area contributed by atoms with E-state index in [1.165, 1.54) is 6.26 Å². The average Bonchev–Trinajstić information content (AvgIpc) is 2.67. The normalized spacial score (nSPS) is 21.6. The predicted octanol–water partition coefficient (Wildman–Crippen LogP) is 0.722. The van der Waals surface area contributed by atoms with Gasteiger partial charge < -0.3 is 19.3 Å². The lowest BCUT2D eigenvalue weighted by Crippen LogP contribution is -2.50. The largest absolute Gasteiger partial charge is 0.378 e. The third-order valence-corrected chi connectivity index (χ3v) is 6.23. The number of halogens is 1. The smallest absolute Gasteiger partial charge is 0.230 e. The van der Waals surface area contributed by atoms with Crippen molar-refractivity contribution in [2.75, 3.05) is 62.1 Å². The van der Waals surface area contributed by atoms with Crippen molar-refractivity contribution >= 4 is 44.2 Å². The van der Waals surface area contributed by atoms with Crippen molar-refractivity contribution in [2.45, 2.75) is 5.37 Å². The van der Waals surface area contributed by atoms with Crippen LogP contribution in [0.1, 0.15) is 0 Å². The summed E-state index contributed by atoms with van der Waals surface area (Å²) in [6.07, 6.45) is 1.19. The van der Waals surface area contributed by atoms with Gasteiger partial charge in [0.15, 0.2) is 20.9 Å². The molecule has 0 N–H and O–H groups in total. The summed E-state index contributed by atoms with van der Waals surface area (Å²) in [5, 5.41) is 0.261. The third kappa shape index (κ3) is 3.79. The fourth-order valence-corrected chi connectivity index (χ4v) is 4.42. The van der Waals surface area contributed by atoms with Crippen LogP contribution in [0.3, 0.4) is 0 Å². The summed E-state index contributed by atoms with van der Waals surface area (Å²) in [5.41, 5.74) is 0.438. The molecule has 2 aliphatic rings. The summed E-state index contributed by atoms with van der Waals surface area (Å²) in [7, 11) is -3.38. The Morgan fingerprint density at radius 3 is 2.56 bits per heavy atom. The number of pyridine rings is 1. The molecule has 4 heterocycles. The molecule has 0 bridgehead atoms. The van der Waals surface area contributed by atoms with Crippen LogP contribution in [0.4, 0.5) is 11.8 Å². The fraction of sp³-hybridized carbons (Fsp3) is 0.562. The van der Waals surface area contributed by atoms with Gasteiger partial charge in [0.25, 0.3) is 0 Å². The number of hydrogen-bond donors (Lipinski definition) is 0. The van der Waals surface area contributed by atoms with Gasteiger partial charge in [0.2, 0.25) is 5.95 Å². The number of anilines is 2. The number of rotatable bonds is 3. The fourth-order valence-electron chi connectivity index (χ4n) is 3.27. The van der Waals surface area contributed by atoms with Crippen molar-refractivity contribution in [1.29, 1.82) is 0 Å². The second-order valence-corrected chi connectivity index (χ2v) is 9.09.